The summed E-state index contributed by atoms with van der Waals surface area (Å²) in [5.74, 6) is 0.587. The number of amides is 2. The van der Waals surface area contributed by atoms with Crippen molar-refractivity contribution in [2.24, 2.45) is 0 Å². The van der Waals surface area contributed by atoms with Crippen LogP contribution < -0.4 is 10.2 Å². The van der Waals surface area contributed by atoms with Gasteiger partial charge in [0.25, 0.3) is 0 Å². The molecule has 0 radical (unpaired) electrons. The van der Waals surface area contributed by atoms with Crippen LogP contribution in [0.1, 0.15) is 24.3 Å². The summed E-state index contributed by atoms with van der Waals surface area (Å²) < 4.78 is 0. The van der Waals surface area contributed by atoms with Crippen molar-refractivity contribution in [3.63, 3.8) is 0 Å². The van der Waals surface area contributed by atoms with E-state index in [1.165, 1.54) is 18.4 Å². The number of nitrogens with one attached hydrogen (secondary N) is 1. The SMILES string of the molecule is CN1CCN(c2cccc(C3CCCNC3)c2)C1=O. The molecule has 2 heterocycles. The van der Waals surface area contributed by atoms with Crippen LogP contribution in [0.2, 0.25) is 0 Å². The zero-order valence-electron chi connectivity index (χ0n) is 11.4. The van der Waals surface area contributed by atoms with Gasteiger partial charge in [-0.05, 0) is 43.0 Å². The predicted octanol–water partition coefficient (Wildman–Crippen LogP) is 2.03. The lowest BCUT2D eigenvalue weighted by Crippen LogP contribution is -2.30. The maximum absolute atomic E-state index is 12.0. The van der Waals surface area contributed by atoms with Crippen molar-refractivity contribution in [1.29, 1.82) is 0 Å². The molecule has 3 rings (SSSR count). The van der Waals surface area contributed by atoms with Gasteiger partial charge in [0.2, 0.25) is 0 Å². The molecule has 2 saturated heterocycles. The molecule has 0 aliphatic carbocycles. The number of carbonyl (C=O) groups is 1. The summed E-state index contributed by atoms with van der Waals surface area (Å²) in [6.45, 7) is 3.79. The molecule has 0 aromatic heterocycles. The number of likely N-dealkylation sites (N-methyl/N-ethyl adjacent to an activating group) is 1. The second kappa shape index (κ2) is 5.21. The van der Waals surface area contributed by atoms with Gasteiger partial charge in [0.15, 0.2) is 0 Å². The first kappa shape index (κ1) is 12.5. The third kappa shape index (κ3) is 2.45. The molecule has 19 heavy (non-hydrogen) atoms. The Bertz CT molecular complexity index is 468. The standard InChI is InChI=1S/C15H21N3O/c1-17-8-9-18(15(17)19)14-6-2-4-12(10-14)13-5-3-7-16-11-13/h2,4,6,10,13,16H,3,5,7-9,11H2,1H3. The molecular weight excluding hydrogens is 238 g/mol. The topological polar surface area (TPSA) is 35.6 Å². The molecule has 1 N–H and O–H groups in total. The lowest BCUT2D eigenvalue weighted by Gasteiger charge is -2.24. The molecule has 1 atom stereocenters. The first-order chi connectivity index (χ1) is 9.25. The molecule has 0 saturated carbocycles. The van der Waals surface area contributed by atoms with Crippen molar-refractivity contribution in [3.05, 3.63) is 29.8 Å². The monoisotopic (exact) mass is 259 g/mol. The highest BCUT2D eigenvalue weighted by molar-refractivity contribution is 5.94. The van der Waals surface area contributed by atoms with Gasteiger partial charge in [-0.2, -0.15) is 0 Å². The summed E-state index contributed by atoms with van der Waals surface area (Å²) in [7, 11) is 1.86. The molecule has 0 spiro atoms. The number of piperidine rings is 1. The normalized spacial score (nSPS) is 24.1. The van der Waals surface area contributed by atoms with Gasteiger partial charge in [0.1, 0.15) is 0 Å². The van der Waals surface area contributed by atoms with Gasteiger partial charge in [0, 0.05) is 32.4 Å². The van der Waals surface area contributed by atoms with E-state index in [-0.39, 0.29) is 6.03 Å². The summed E-state index contributed by atoms with van der Waals surface area (Å²) in [6.07, 6.45) is 2.48. The van der Waals surface area contributed by atoms with Crippen LogP contribution in [0.4, 0.5) is 10.5 Å². The van der Waals surface area contributed by atoms with Crippen LogP contribution in [-0.2, 0) is 0 Å². The largest absolute Gasteiger partial charge is 0.326 e. The fourth-order valence-corrected chi connectivity index (χ4v) is 2.97. The fourth-order valence-electron chi connectivity index (χ4n) is 2.97. The molecule has 2 aliphatic heterocycles. The number of carbonyl (C=O) groups excluding carboxylic acids is 1. The number of anilines is 1. The Morgan fingerprint density at radius 3 is 2.89 bits per heavy atom. The molecule has 2 aliphatic rings. The third-order valence-electron chi connectivity index (χ3n) is 4.17. The van der Waals surface area contributed by atoms with Crippen molar-refractivity contribution < 1.29 is 4.79 Å². The second-order valence-electron chi connectivity index (χ2n) is 5.49. The third-order valence-corrected chi connectivity index (χ3v) is 4.17. The minimum absolute atomic E-state index is 0.110. The number of rotatable bonds is 2. The Morgan fingerprint density at radius 2 is 2.21 bits per heavy atom. The van der Waals surface area contributed by atoms with Crippen LogP contribution in [0.15, 0.2) is 24.3 Å². The first-order valence-electron chi connectivity index (χ1n) is 7.09. The van der Waals surface area contributed by atoms with Crippen LogP contribution in [0.25, 0.3) is 0 Å². The molecule has 1 aromatic rings. The predicted molar refractivity (Wildman–Crippen MR) is 76.7 cm³/mol. The number of hydrogen-bond acceptors (Lipinski definition) is 2. The number of nitrogens with zero attached hydrogens (tertiary/aromatic N) is 2. The smallest absolute Gasteiger partial charge is 0.324 e. The van der Waals surface area contributed by atoms with E-state index in [0.717, 1.165) is 31.9 Å². The van der Waals surface area contributed by atoms with Gasteiger partial charge in [-0.1, -0.05) is 12.1 Å². The van der Waals surface area contributed by atoms with Gasteiger partial charge in [0.05, 0.1) is 0 Å². The molecule has 4 nitrogen and oxygen atoms in total. The molecule has 1 unspecified atom stereocenters. The van der Waals surface area contributed by atoms with Crippen LogP contribution in [0, 0.1) is 0 Å². The van der Waals surface area contributed by atoms with Gasteiger partial charge >= 0.3 is 6.03 Å². The minimum Gasteiger partial charge on any atom is -0.326 e. The maximum atomic E-state index is 12.0. The summed E-state index contributed by atoms with van der Waals surface area (Å²) in [4.78, 5) is 15.7. The fraction of sp³-hybridized carbons (Fsp3) is 0.533. The van der Waals surface area contributed by atoms with Crippen molar-refractivity contribution >= 4 is 11.7 Å². The summed E-state index contributed by atoms with van der Waals surface area (Å²) >= 11 is 0. The molecule has 4 heteroatoms. The zero-order chi connectivity index (χ0) is 13.2. The van der Waals surface area contributed by atoms with Gasteiger partial charge in [-0.25, -0.2) is 4.79 Å². The molecular formula is C15H21N3O. The highest BCUT2D eigenvalue weighted by atomic mass is 16.2. The summed E-state index contributed by atoms with van der Waals surface area (Å²) in [5.41, 5.74) is 2.39. The summed E-state index contributed by atoms with van der Waals surface area (Å²) in [6, 6.07) is 8.60. The highest BCUT2D eigenvalue weighted by Gasteiger charge is 2.27. The van der Waals surface area contributed by atoms with Gasteiger partial charge < -0.3 is 10.2 Å². The van der Waals surface area contributed by atoms with Crippen molar-refractivity contribution in [3.8, 4) is 0 Å². The van der Waals surface area contributed by atoms with E-state index in [1.807, 2.05) is 18.0 Å². The molecule has 102 valence electrons. The zero-order valence-corrected chi connectivity index (χ0v) is 11.4. The van der Waals surface area contributed by atoms with Gasteiger partial charge in [-0.15, -0.1) is 0 Å². The molecule has 2 fully saturated rings. The van der Waals surface area contributed by atoms with Crippen LogP contribution >= 0.6 is 0 Å². The van der Waals surface area contributed by atoms with E-state index in [0.29, 0.717) is 5.92 Å². The van der Waals surface area contributed by atoms with E-state index in [1.54, 1.807) is 4.90 Å². The molecule has 1 aromatic carbocycles. The van der Waals surface area contributed by atoms with E-state index in [9.17, 15) is 4.79 Å². The van der Waals surface area contributed by atoms with Crippen molar-refractivity contribution in [2.75, 3.05) is 38.1 Å². The van der Waals surface area contributed by atoms with E-state index >= 15 is 0 Å². The quantitative estimate of drug-likeness (QED) is 0.882. The summed E-state index contributed by atoms with van der Waals surface area (Å²) in [5, 5.41) is 3.45. The minimum atomic E-state index is 0.110. The molecule has 0 bridgehead atoms. The lowest BCUT2D eigenvalue weighted by atomic mass is 9.91. The van der Waals surface area contributed by atoms with E-state index < -0.39 is 0 Å². The van der Waals surface area contributed by atoms with E-state index in [4.69, 9.17) is 0 Å². The van der Waals surface area contributed by atoms with Crippen LogP contribution in [-0.4, -0.2) is 44.2 Å². The molecule has 2 amide bonds. The van der Waals surface area contributed by atoms with E-state index in [2.05, 4.69) is 23.5 Å². The number of urea groups is 1. The Labute approximate surface area is 114 Å². The maximum Gasteiger partial charge on any atom is 0.324 e. The Balaban J connectivity index is 1.81. The number of hydrogen-bond donors (Lipinski definition) is 1. The number of benzene rings is 1. The van der Waals surface area contributed by atoms with Crippen LogP contribution in [0.3, 0.4) is 0 Å². The highest BCUT2D eigenvalue weighted by Crippen LogP contribution is 2.28. The van der Waals surface area contributed by atoms with Crippen molar-refractivity contribution in [2.45, 2.75) is 18.8 Å². The Morgan fingerprint density at radius 1 is 1.32 bits per heavy atom. The van der Waals surface area contributed by atoms with Crippen molar-refractivity contribution in [1.82, 2.24) is 10.2 Å². The lowest BCUT2D eigenvalue weighted by molar-refractivity contribution is 0.229. The first-order valence-corrected chi connectivity index (χ1v) is 7.09. The Kier molecular flexibility index (Phi) is 3.42. The average molecular weight is 259 g/mol. The average Bonchev–Trinajstić information content (AvgIpc) is 2.80. The second-order valence-corrected chi connectivity index (χ2v) is 5.49. The Hall–Kier alpha value is -1.55. The van der Waals surface area contributed by atoms with Crippen LogP contribution in [0.5, 0.6) is 0 Å². The van der Waals surface area contributed by atoms with Gasteiger partial charge in [-0.3, -0.25) is 4.90 Å².